The van der Waals surface area contributed by atoms with Crippen LogP contribution in [0.1, 0.15) is 17.3 Å². The molecule has 0 heterocycles. The van der Waals surface area contributed by atoms with Crippen LogP contribution in [0.25, 0.3) is 10.8 Å². The van der Waals surface area contributed by atoms with Crippen molar-refractivity contribution in [2.24, 2.45) is 0 Å². The van der Waals surface area contributed by atoms with Crippen molar-refractivity contribution in [2.75, 3.05) is 20.7 Å². The van der Waals surface area contributed by atoms with Gasteiger partial charge in [0.15, 0.2) is 6.61 Å². The lowest BCUT2D eigenvalue weighted by atomic mass is 10.0. The van der Waals surface area contributed by atoms with E-state index in [-0.39, 0.29) is 12.4 Å². The van der Waals surface area contributed by atoms with Gasteiger partial charge in [0.2, 0.25) is 5.78 Å². The average molecular weight is 256 g/mol. The molecular formula is C16H18NO2+. The first-order chi connectivity index (χ1) is 9.09. The molecule has 0 N–H and O–H groups in total. The monoisotopic (exact) mass is 256 g/mol. The number of benzene rings is 2. The molecule has 0 bridgehead atoms. The van der Waals surface area contributed by atoms with Crippen molar-refractivity contribution >= 4 is 22.5 Å². The fourth-order valence-corrected chi connectivity index (χ4v) is 1.85. The van der Waals surface area contributed by atoms with Crippen LogP contribution < -0.4 is 0 Å². The summed E-state index contributed by atoms with van der Waals surface area (Å²) in [6.07, 6.45) is 0. The van der Waals surface area contributed by atoms with Gasteiger partial charge in [0.1, 0.15) is 14.1 Å². The highest BCUT2D eigenvalue weighted by Gasteiger charge is 2.12. The van der Waals surface area contributed by atoms with Gasteiger partial charge in [-0.3, -0.25) is 4.79 Å². The van der Waals surface area contributed by atoms with Crippen LogP contribution in [0.2, 0.25) is 0 Å². The Labute approximate surface area is 113 Å². The Morgan fingerprint density at radius 2 is 1.79 bits per heavy atom. The zero-order chi connectivity index (χ0) is 13.8. The topological polar surface area (TPSA) is 29.3 Å². The predicted molar refractivity (Wildman–Crippen MR) is 77.0 cm³/mol. The van der Waals surface area contributed by atoms with E-state index in [4.69, 9.17) is 4.74 Å². The quantitative estimate of drug-likeness (QED) is 0.366. The molecule has 2 rings (SSSR count). The van der Waals surface area contributed by atoms with Crippen LogP contribution in [0.15, 0.2) is 42.5 Å². The second kappa shape index (κ2) is 5.65. The molecule has 2 aromatic rings. The van der Waals surface area contributed by atoms with E-state index in [1.807, 2.05) is 68.1 Å². The Kier molecular flexibility index (Phi) is 3.95. The summed E-state index contributed by atoms with van der Waals surface area (Å²) in [5, 5.41) is 2.04. The van der Waals surface area contributed by atoms with Crippen molar-refractivity contribution in [1.82, 2.24) is 0 Å². The Hall–Kier alpha value is -2.16. The van der Waals surface area contributed by atoms with Gasteiger partial charge in [0.25, 0.3) is 0 Å². The second-order valence-corrected chi connectivity index (χ2v) is 4.65. The first-order valence-electron chi connectivity index (χ1n) is 6.24. The number of rotatable bonds is 3. The summed E-state index contributed by atoms with van der Waals surface area (Å²) in [6, 6.07) is 13.6. The van der Waals surface area contributed by atoms with Gasteiger partial charge >= 0.3 is 5.90 Å². The van der Waals surface area contributed by atoms with Crippen molar-refractivity contribution < 1.29 is 14.1 Å². The smallest absolute Gasteiger partial charge is 0.333 e. The van der Waals surface area contributed by atoms with Gasteiger partial charge in [-0.2, -0.15) is 0 Å². The lowest BCUT2D eigenvalue weighted by Crippen LogP contribution is -2.18. The lowest BCUT2D eigenvalue weighted by Gasteiger charge is -2.06. The van der Waals surface area contributed by atoms with E-state index < -0.39 is 0 Å². The van der Waals surface area contributed by atoms with Crippen molar-refractivity contribution in [3.05, 3.63) is 48.0 Å². The summed E-state index contributed by atoms with van der Waals surface area (Å²) >= 11 is 0. The van der Waals surface area contributed by atoms with Crippen molar-refractivity contribution in [3.8, 4) is 0 Å². The van der Waals surface area contributed by atoms with Gasteiger partial charge in [-0.15, -0.1) is 0 Å². The molecule has 3 nitrogen and oxygen atoms in total. The van der Waals surface area contributed by atoms with Gasteiger partial charge in [-0.25, -0.2) is 4.58 Å². The van der Waals surface area contributed by atoms with Crippen LogP contribution >= 0.6 is 0 Å². The standard InChI is InChI=1S/C16H18NO2/c1-12(17(2)3)19-11-16(18)15-10-6-8-13-7-4-5-9-14(13)15/h4-10H,11H2,1-3H3/q+1. The molecule has 0 fully saturated rings. The number of carbonyl (C=O) groups excluding carboxylic acids is 1. The molecule has 0 aliphatic rings. The zero-order valence-electron chi connectivity index (χ0n) is 11.5. The summed E-state index contributed by atoms with van der Waals surface area (Å²) in [6.45, 7) is 1.91. The Balaban J connectivity index is 2.25. The Bertz CT molecular complexity index is 635. The van der Waals surface area contributed by atoms with E-state index in [2.05, 4.69) is 0 Å². The fourth-order valence-electron chi connectivity index (χ4n) is 1.85. The van der Waals surface area contributed by atoms with E-state index in [0.29, 0.717) is 5.56 Å². The maximum Gasteiger partial charge on any atom is 0.333 e. The SMILES string of the molecule is CC(OCC(=O)c1cccc2ccccc12)=[N+](C)C. The summed E-state index contributed by atoms with van der Waals surface area (Å²) < 4.78 is 7.31. The number of ketones is 1. The van der Waals surface area contributed by atoms with Gasteiger partial charge in [0.05, 0.1) is 6.92 Å². The highest BCUT2D eigenvalue weighted by Crippen LogP contribution is 2.18. The van der Waals surface area contributed by atoms with Crippen molar-refractivity contribution in [3.63, 3.8) is 0 Å². The molecule has 98 valence electrons. The molecule has 0 saturated carbocycles. The van der Waals surface area contributed by atoms with Crippen LogP contribution in [0, 0.1) is 0 Å². The first kappa shape index (κ1) is 13.3. The third-order valence-electron chi connectivity index (χ3n) is 3.13. The second-order valence-electron chi connectivity index (χ2n) is 4.65. The first-order valence-corrected chi connectivity index (χ1v) is 6.24. The van der Waals surface area contributed by atoms with Crippen molar-refractivity contribution in [2.45, 2.75) is 6.92 Å². The minimum Gasteiger partial charge on any atom is -0.440 e. The van der Waals surface area contributed by atoms with Gasteiger partial charge in [-0.05, 0) is 10.8 Å². The third-order valence-corrected chi connectivity index (χ3v) is 3.13. The molecule has 0 aliphatic heterocycles. The van der Waals surface area contributed by atoms with Gasteiger partial charge in [0, 0.05) is 5.56 Å². The fraction of sp³-hybridized carbons (Fsp3) is 0.250. The minimum absolute atomic E-state index is 0.00185. The summed E-state index contributed by atoms with van der Waals surface area (Å²) in [4.78, 5) is 12.2. The normalized spacial score (nSPS) is 10.3. The molecule has 2 aromatic carbocycles. The molecule has 0 amide bonds. The highest BCUT2D eigenvalue weighted by molar-refractivity contribution is 6.09. The van der Waals surface area contributed by atoms with Crippen molar-refractivity contribution in [1.29, 1.82) is 0 Å². The van der Waals surface area contributed by atoms with Gasteiger partial charge in [-0.1, -0.05) is 42.5 Å². The largest absolute Gasteiger partial charge is 0.440 e. The van der Waals surface area contributed by atoms with Crippen LogP contribution in [0.4, 0.5) is 0 Å². The molecule has 0 aromatic heterocycles. The van der Waals surface area contributed by atoms with Gasteiger partial charge < -0.3 is 4.74 Å². The molecule has 3 heteroatoms. The Morgan fingerprint density at radius 3 is 2.53 bits per heavy atom. The molecule has 19 heavy (non-hydrogen) atoms. The summed E-state index contributed by atoms with van der Waals surface area (Å²) in [5.74, 6) is 0.728. The van der Waals surface area contributed by atoms with Crippen LogP contribution in [0.3, 0.4) is 0 Å². The minimum atomic E-state index is -0.00185. The zero-order valence-corrected chi connectivity index (χ0v) is 11.5. The predicted octanol–water partition coefficient (Wildman–Crippen LogP) is 2.73. The van der Waals surface area contributed by atoms with E-state index >= 15 is 0 Å². The molecule has 0 spiro atoms. The molecule has 0 unspecified atom stereocenters. The molecular weight excluding hydrogens is 238 g/mol. The van der Waals surface area contributed by atoms with Crippen LogP contribution in [-0.4, -0.2) is 37.0 Å². The highest BCUT2D eigenvalue weighted by atomic mass is 16.5. The van der Waals surface area contributed by atoms with E-state index in [1.54, 1.807) is 0 Å². The molecule has 0 saturated heterocycles. The Morgan fingerprint density at radius 1 is 1.11 bits per heavy atom. The number of carbonyl (C=O) groups is 1. The van der Waals surface area contributed by atoms with Crippen LogP contribution in [0.5, 0.6) is 0 Å². The van der Waals surface area contributed by atoms with E-state index in [1.165, 1.54) is 0 Å². The third kappa shape index (κ3) is 2.99. The van der Waals surface area contributed by atoms with E-state index in [9.17, 15) is 4.79 Å². The summed E-state index contributed by atoms with van der Waals surface area (Å²) in [7, 11) is 3.77. The number of ether oxygens (including phenoxy) is 1. The number of nitrogens with zero attached hydrogens (tertiary/aromatic N) is 1. The number of hydrogen-bond donors (Lipinski definition) is 0. The molecule has 0 radical (unpaired) electrons. The summed E-state index contributed by atoms with van der Waals surface area (Å²) in [5.41, 5.74) is 0.713. The average Bonchev–Trinajstić information content (AvgIpc) is 2.43. The number of hydrogen-bond acceptors (Lipinski definition) is 2. The van der Waals surface area contributed by atoms with E-state index in [0.717, 1.165) is 16.7 Å². The van der Waals surface area contributed by atoms with Crippen LogP contribution in [-0.2, 0) is 4.74 Å². The molecule has 0 atom stereocenters. The molecule has 0 aliphatic carbocycles. The lowest BCUT2D eigenvalue weighted by molar-refractivity contribution is -0.474. The maximum absolute atomic E-state index is 12.2. The maximum atomic E-state index is 12.2. The number of Topliss-reactive ketones (excluding diaryl/α,β-unsaturated/α-hetero) is 1. The number of fused-ring (bicyclic) bond motifs is 1.